The van der Waals surface area contributed by atoms with Gasteiger partial charge in [-0.1, -0.05) is 23.4 Å². The number of anilines is 2. The van der Waals surface area contributed by atoms with Crippen molar-refractivity contribution in [3.63, 3.8) is 0 Å². The van der Waals surface area contributed by atoms with Crippen LogP contribution < -0.4 is 19.4 Å². The maximum atomic E-state index is 13.0. The number of rotatable bonds is 4. The number of carbonyl (C=O) groups excluding carboxylic acids is 2. The number of amides is 2. The lowest BCUT2D eigenvalue weighted by molar-refractivity contribution is -0.121. The molecule has 2 heterocycles. The molecule has 0 radical (unpaired) electrons. The highest BCUT2D eigenvalue weighted by Crippen LogP contribution is 2.37. The Kier molecular flexibility index (Phi) is 3.80. The Labute approximate surface area is 149 Å². The van der Waals surface area contributed by atoms with Gasteiger partial charge in [-0.15, -0.1) is 0 Å². The topological polar surface area (TPSA) is 83.8 Å². The minimum Gasteiger partial charge on any atom is -0.497 e. The highest BCUT2D eigenvalue weighted by molar-refractivity contribution is 6.26. The number of carbonyl (C=O) groups is 2. The molecular formula is C18H16N4O4. The van der Waals surface area contributed by atoms with Crippen molar-refractivity contribution in [2.45, 2.75) is 12.1 Å². The maximum Gasteiger partial charge on any atom is 0.263 e. The van der Waals surface area contributed by atoms with Crippen molar-refractivity contribution >= 4 is 23.2 Å². The van der Waals surface area contributed by atoms with Gasteiger partial charge in [-0.3, -0.25) is 9.59 Å². The van der Waals surface area contributed by atoms with Crippen LogP contribution >= 0.6 is 0 Å². The Bertz CT molecular complexity index is 877. The summed E-state index contributed by atoms with van der Waals surface area (Å²) in [5.74, 6) is 0.166. The third-order valence-electron chi connectivity index (χ3n) is 4.40. The van der Waals surface area contributed by atoms with Crippen LogP contribution in [0.15, 0.2) is 58.9 Å². The van der Waals surface area contributed by atoms with Crippen LogP contribution in [0.3, 0.4) is 0 Å². The molecule has 0 spiro atoms. The zero-order valence-corrected chi connectivity index (χ0v) is 14.2. The summed E-state index contributed by atoms with van der Waals surface area (Å²) in [7, 11) is 3.01. The van der Waals surface area contributed by atoms with Gasteiger partial charge in [0.25, 0.3) is 11.8 Å². The molecule has 2 aromatic carbocycles. The van der Waals surface area contributed by atoms with E-state index in [1.165, 1.54) is 19.2 Å². The zero-order chi connectivity index (χ0) is 18.3. The normalized spacial score (nSPS) is 21.3. The summed E-state index contributed by atoms with van der Waals surface area (Å²) in [6, 6.07) is 12.4. The lowest BCUT2D eigenvalue weighted by Gasteiger charge is -2.21. The van der Waals surface area contributed by atoms with Gasteiger partial charge in [0, 0.05) is 18.2 Å². The van der Waals surface area contributed by atoms with Crippen LogP contribution in [0.5, 0.6) is 11.5 Å². The average molecular weight is 352 g/mol. The van der Waals surface area contributed by atoms with Gasteiger partial charge in [-0.05, 0) is 12.1 Å². The van der Waals surface area contributed by atoms with Crippen molar-refractivity contribution in [1.82, 2.24) is 0 Å². The van der Waals surface area contributed by atoms with E-state index in [1.54, 1.807) is 18.2 Å². The van der Waals surface area contributed by atoms with E-state index in [9.17, 15) is 9.59 Å². The van der Waals surface area contributed by atoms with Gasteiger partial charge in [-0.25, -0.2) is 9.91 Å². The van der Waals surface area contributed by atoms with E-state index in [0.29, 0.717) is 22.9 Å². The Hall–Kier alpha value is -3.42. The third kappa shape index (κ3) is 2.38. The van der Waals surface area contributed by atoms with Crippen molar-refractivity contribution in [1.29, 1.82) is 0 Å². The molecule has 1 fully saturated rings. The van der Waals surface area contributed by atoms with Crippen LogP contribution in [0.1, 0.15) is 0 Å². The van der Waals surface area contributed by atoms with Crippen LogP contribution in [-0.2, 0) is 9.59 Å². The summed E-state index contributed by atoms with van der Waals surface area (Å²) in [4.78, 5) is 27.0. The molecule has 0 saturated carbocycles. The molecule has 0 bridgehead atoms. The van der Waals surface area contributed by atoms with Crippen molar-refractivity contribution in [2.75, 3.05) is 24.1 Å². The largest absolute Gasteiger partial charge is 0.497 e. The molecule has 8 nitrogen and oxygen atoms in total. The van der Waals surface area contributed by atoms with Gasteiger partial charge in [0.1, 0.15) is 11.5 Å². The number of methoxy groups -OCH3 is 2. The van der Waals surface area contributed by atoms with Crippen molar-refractivity contribution in [3.8, 4) is 11.5 Å². The average Bonchev–Trinajstić information content (AvgIpc) is 3.22. The molecule has 0 unspecified atom stereocenters. The first kappa shape index (κ1) is 16.1. The molecular weight excluding hydrogens is 336 g/mol. The molecule has 4 rings (SSSR count). The standard InChI is InChI=1S/C18H16N4O4/c1-25-13-8-12(9-14(10-13)26-2)21-17(23)15-16(18(21)24)22(20-19-15)11-6-4-3-5-7-11/h3-10,15-16H,1-2H3/t15-,16-/m1/s1. The first-order valence-electron chi connectivity index (χ1n) is 8.00. The van der Waals surface area contributed by atoms with Gasteiger partial charge in [0.05, 0.1) is 25.6 Å². The molecule has 2 aliphatic rings. The summed E-state index contributed by atoms with van der Waals surface area (Å²) in [6.07, 6.45) is 0. The van der Waals surface area contributed by atoms with Crippen molar-refractivity contribution < 1.29 is 19.1 Å². The number of imide groups is 1. The molecule has 26 heavy (non-hydrogen) atoms. The van der Waals surface area contributed by atoms with Gasteiger partial charge >= 0.3 is 0 Å². The fraction of sp³-hybridized carbons (Fsp3) is 0.222. The highest BCUT2D eigenvalue weighted by Gasteiger charge is 2.55. The molecule has 2 atom stereocenters. The minimum atomic E-state index is -0.861. The maximum absolute atomic E-state index is 13.0. The van der Waals surface area contributed by atoms with Crippen LogP contribution in [0.4, 0.5) is 11.4 Å². The molecule has 2 amide bonds. The van der Waals surface area contributed by atoms with E-state index in [4.69, 9.17) is 9.47 Å². The smallest absolute Gasteiger partial charge is 0.263 e. The second-order valence-electron chi connectivity index (χ2n) is 5.86. The highest BCUT2D eigenvalue weighted by atomic mass is 16.5. The predicted molar refractivity (Wildman–Crippen MR) is 93.4 cm³/mol. The zero-order valence-electron chi connectivity index (χ0n) is 14.2. The van der Waals surface area contributed by atoms with E-state index in [-0.39, 0.29) is 5.91 Å². The molecule has 0 aliphatic carbocycles. The predicted octanol–water partition coefficient (Wildman–Crippen LogP) is 2.20. The van der Waals surface area contributed by atoms with Crippen molar-refractivity contribution in [2.24, 2.45) is 10.3 Å². The number of ether oxygens (including phenoxy) is 2. The van der Waals surface area contributed by atoms with E-state index in [1.807, 2.05) is 30.3 Å². The van der Waals surface area contributed by atoms with Crippen LogP contribution in [0, 0.1) is 0 Å². The van der Waals surface area contributed by atoms with Gasteiger partial charge in [-0.2, -0.15) is 5.11 Å². The molecule has 0 N–H and O–H groups in total. The molecule has 132 valence electrons. The molecule has 1 saturated heterocycles. The molecule has 2 aliphatic heterocycles. The van der Waals surface area contributed by atoms with Gasteiger partial charge in [0.2, 0.25) is 0 Å². The summed E-state index contributed by atoms with van der Waals surface area (Å²) >= 11 is 0. The number of hydrogen-bond acceptors (Lipinski definition) is 7. The first-order valence-corrected chi connectivity index (χ1v) is 8.00. The SMILES string of the molecule is COc1cc(OC)cc(N2C(=O)[C@@H]3N=NN(c4ccccc4)[C@H]3C2=O)c1. The molecule has 0 aromatic heterocycles. The van der Waals surface area contributed by atoms with Crippen LogP contribution in [0.2, 0.25) is 0 Å². The number of hydrogen-bond donors (Lipinski definition) is 0. The first-order chi connectivity index (χ1) is 12.6. The van der Waals surface area contributed by atoms with E-state index < -0.39 is 18.0 Å². The summed E-state index contributed by atoms with van der Waals surface area (Å²) in [5, 5.41) is 9.54. The second kappa shape index (κ2) is 6.14. The monoisotopic (exact) mass is 352 g/mol. The fourth-order valence-electron chi connectivity index (χ4n) is 3.13. The Morgan fingerprint density at radius 3 is 2.15 bits per heavy atom. The quantitative estimate of drug-likeness (QED) is 0.788. The number of benzene rings is 2. The number of para-hydroxylation sites is 1. The van der Waals surface area contributed by atoms with Crippen molar-refractivity contribution in [3.05, 3.63) is 48.5 Å². The summed E-state index contributed by atoms with van der Waals surface area (Å²) in [6.45, 7) is 0. The van der Waals surface area contributed by atoms with E-state index >= 15 is 0 Å². The van der Waals surface area contributed by atoms with Gasteiger partial charge in [0.15, 0.2) is 12.1 Å². The Morgan fingerprint density at radius 2 is 1.54 bits per heavy atom. The minimum absolute atomic E-state index is 0.383. The number of fused-ring (bicyclic) bond motifs is 1. The van der Waals surface area contributed by atoms with Gasteiger partial charge < -0.3 is 9.47 Å². The number of nitrogens with zero attached hydrogens (tertiary/aromatic N) is 4. The third-order valence-corrected chi connectivity index (χ3v) is 4.40. The van der Waals surface area contributed by atoms with E-state index in [2.05, 4.69) is 10.3 Å². The van der Waals surface area contributed by atoms with Crippen LogP contribution in [-0.4, -0.2) is 38.1 Å². The molecule has 8 heteroatoms. The Balaban J connectivity index is 1.72. The van der Waals surface area contributed by atoms with E-state index in [0.717, 1.165) is 4.90 Å². The molecule has 2 aromatic rings. The summed E-state index contributed by atoms with van der Waals surface area (Å²) in [5.41, 5.74) is 1.09. The fourth-order valence-corrected chi connectivity index (χ4v) is 3.13. The Morgan fingerprint density at radius 1 is 0.885 bits per heavy atom. The lowest BCUT2D eigenvalue weighted by atomic mass is 10.1. The summed E-state index contributed by atoms with van der Waals surface area (Å²) < 4.78 is 10.5. The second-order valence-corrected chi connectivity index (χ2v) is 5.86. The lowest BCUT2D eigenvalue weighted by Crippen LogP contribution is -2.39. The van der Waals surface area contributed by atoms with Crippen LogP contribution in [0.25, 0.3) is 0 Å².